The molecule has 2 aliphatic rings. The predicted octanol–water partition coefficient (Wildman–Crippen LogP) is 3.40. The van der Waals surface area contributed by atoms with E-state index in [-0.39, 0.29) is 35.4 Å². The van der Waals surface area contributed by atoms with Crippen LogP contribution in [0.5, 0.6) is 0 Å². The number of anilines is 2. The highest BCUT2D eigenvalue weighted by Crippen LogP contribution is 2.50. The Morgan fingerprint density at radius 2 is 1.92 bits per heavy atom. The molecule has 1 saturated heterocycles. The van der Waals surface area contributed by atoms with Crippen LogP contribution in [-0.2, 0) is 13.5 Å². The maximum atomic E-state index is 15.5. The summed E-state index contributed by atoms with van der Waals surface area (Å²) in [5, 5.41) is 23.2. The fraction of sp³-hybridized carbons (Fsp3) is 0.286. The predicted molar refractivity (Wildman–Crippen MR) is 142 cm³/mol. The molecule has 3 N–H and O–H groups in total. The number of halogens is 2. The Morgan fingerprint density at radius 3 is 2.59 bits per heavy atom. The third-order valence-corrected chi connectivity index (χ3v) is 7.76. The quantitative estimate of drug-likeness (QED) is 0.322. The van der Waals surface area contributed by atoms with Gasteiger partial charge in [-0.15, -0.1) is 0 Å². The molecule has 0 amide bonds. The van der Waals surface area contributed by atoms with E-state index in [2.05, 4.69) is 15.3 Å². The van der Waals surface area contributed by atoms with E-state index >= 15 is 4.39 Å². The van der Waals surface area contributed by atoms with Crippen LogP contribution in [-0.4, -0.2) is 57.0 Å². The number of aromatic nitrogens is 3. The molecule has 4 heterocycles. The summed E-state index contributed by atoms with van der Waals surface area (Å²) in [7, 11) is 3.24. The van der Waals surface area contributed by atoms with Crippen LogP contribution in [0.1, 0.15) is 28.5 Å². The molecule has 200 valence electrons. The molecule has 6 rings (SSSR count). The average Bonchev–Trinajstić information content (AvgIpc) is 3.47. The minimum atomic E-state index is -1.35. The molecule has 0 bridgehead atoms. The molecule has 9 nitrogen and oxygen atoms in total. The summed E-state index contributed by atoms with van der Waals surface area (Å²) < 4.78 is 31.7. The van der Waals surface area contributed by atoms with Gasteiger partial charge in [-0.3, -0.25) is 9.78 Å². The molecule has 0 saturated carbocycles. The summed E-state index contributed by atoms with van der Waals surface area (Å²) >= 11 is 0. The van der Waals surface area contributed by atoms with Crippen LogP contribution in [0, 0.1) is 17.6 Å². The number of carboxylic acid groups (broad SMARTS) is 1. The standard InChI is InChI=1S/C28H25F2N5O4/c1-12-9-35(11-21(12)36)25-16(13-4-15-26(37)17(28(38)39)10-34(3)27(15)33-7-13)8-32-20-5-14-19(31-2)6-18(29)24(30)22(14)23(20)25/h4,6-8,10,12,21,31,36H,5,9,11H2,1-3H3,(H,38,39)/t12-,21-/m0/s1. The lowest BCUT2D eigenvalue weighted by Gasteiger charge is -2.25. The van der Waals surface area contributed by atoms with Crippen LogP contribution in [0.4, 0.5) is 20.2 Å². The average molecular weight is 534 g/mol. The molecule has 0 radical (unpaired) electrons. The number of aliphatic hydroxyl groups excluding tert-OH is 1. The van der Waals surface area contributed by atoms with Gasteiger partial charge in [-0.2, -0.15) is 0 Å². The molecule has 1 aromatic carbocycles. The number of carbonyl (C=O) groups is 1. The summed E-state index contributed by atoms with van der Waals surface area (Å²) in [6.07, 6.45) is 4.03. The number of nitrogens with zero attached hydrogens (tertiary/aromatic N) is 4. The molecule has 39 heavy (non-hydrogen) atoms. The highest BCUT2D eigenvalue weighted by atomic mass is 19.2. The lowest BCUT2D eigenvalue weighted by molar-refractivity contribution is 0.0695. The number of pyridine rings is 3. The van der Waals surface area contributed by atoms with Crippen LogP contribution in [0.15, 0.2) is 35.5 Å². The number of fused-ring (bicyclic) bond motifs is 4. The first-order valence-electron chi connectivity index (χ1n) is 12.5. The van der Waals surface area contributed by atoms with Gasteiger partial charge in [-0.05, 0) is 11.6 Å². The lowest BCUT2D eigenvalue weighted by atomic mass is 9.97. The smallest absolute Gasteiger partial charge is 0.341 e. The van der Waals surface area contributed by atoms with Gasteiger partial charge in [0.15, 0.2) is 11.6 Å². The van der Waals surface area contributed by atoms with Gasteiger partial charge < -0.3 is 25.0 Å². The molecule has 3 aromatic heterocycles. The summed E-state index contributed by atoms with van der Waals surface area (Å²) in [6, 6.07) is 2.68. The summed E-state index contributed by atoms with van der Waals surface area (Å²) in [4.78, 5) is 35.7. The highest BCUT2D eigenvalue weighted by Gasteiger charge is 2.37. The van der Waals surface area contributed by atoms with Crippen LogP contribution >= 0.6 is 0 Å². The number of β-amino-alcohol motifs (C(OH)–C–C–N with tert-alkyl or cyclic N) is 1. The van der Waals surface area contributed by atoms with E-state index in [1.54, 1.807) is 32.6 Å². The zero-order valence-corrected chi connectivity index (χ0v) is 21.4. The van der Waals surface area contributed by atoms with Crippen molar-refractivity contribution in [3.8, 4) is 22.3 Å². The van der Waals surface area contributed by atoms with Crippen LogP contribution in [0.3, 0.4) is 0 Å². The maximum Gasteiger partial charge on any atom is 0.341 e. The lowest BCUT2D eigenvalue weighted by Crippen LogP contribution is -2.23. The van der Waals surface area contributed by atoms with Gasteiger partial charge in [0, 0.05) is 92.1 Å². The van der Waals surface area contributed by atoms with E-state index in [1.807, 2.05) is 11.8 Å². The zero-order valence-electron chi connectivity index (χ0n) is 21.4. The van der Waals surface area contributed by atoms with Crippen molar-refractivity contribution >= 4 is 28.4 Å². The molecule has 4 aromatic rings. The Morgan fingerprint density at radius 1 is 1.15 bits per heavy atom. The first-order valence-corrected chi connectivity index (χ1v) is 12.5. The molecule has 0 spiro atoms. The van der Waals surface area contributed by atoms with Crippen molar-refractivity contribution in [1.82, 2.24) is 14.5 Å². The fourth-order valence-corrected chi connectivity index (χ4v) is 5.77. The second kappa shape index (κ2) is 8.84. The Hall–Kier alpha value is -4.38. The minimum absolute atomic E-state index is 0.0760. The molecule has 0 unspecified atom stereocenters. The normalized spacial score (nSPS) is 17.9. The highest BCUT2D eigenvalue weighted by molar-refractivity contribution is 5.98. The maximum absolute atomic E-state index is 15.5. The first kappa shape index (κ1) is 24.9. The third kappa shape index (κ3) is 3.68. The zero-order chi connectivity index (χ0) is 27.7. The fourth-order valence-electron chi connectivity index (χ4n) is 5.77. The molecule has 11 heteroatoms. The summed E-state index contributed by atoms with van der Waals surface area (Å²) in [6.45, 7) is 2.64. The van der Waals surface area contributed by atoms with E-state index < -0.39 is 29.1 Å². The molecular weight excluding hydrogens is 508 g/mol. The van der Waals surface area contributed by atoms with Gasteiger partial charge in [0.2, 0.25) is 5.43 Å². The van der Waals surface area contributed by atoms with Crippen molar-refractivity contribution in [2.24, 2.45) is 13.0 Å². The number of hydrogen-bond acceptors (Lipinski definition) is 7. The Bertz CT molecular complexity index is 1760. The Balaban J connectivity index is 1.66. The van der Waals surface area contributed by atoms with Gasteiger partial charge in [-0.1, -0.05) is 6.92 Å². The minimum Gasteiger partial charge on any atom is -0.477 e. The van der Waals surface area contributed by atoms with E-state index in [9.17, 15) is 24.2 Å². The van der Waals surface area contributed by atoms with Gasteiger partial charge >= 0.3 is 5.97 Å². The second-order valence-electron chi connectivity index (χ2n) is 10.2. The topological polar surface area (TPSA) is 121 Å². The van der Waals surface area contributed by atoms with Crippen molar-refractivity contribution in [3.05, 3.63) is 69.4 Å². The van der Waals surface area contributed by atoms with Crippen LogP contribution in [0.25, 0.3) is 33.3 Å². The van der Waals surface area contributed by atoms with Gasteiger partial charge in [-0.25, -0.2) is 18.6 Å². The number of aromatic carboxylic acids is 1. The van der Waals surface area contributed by atoms with Crippen molar-refractivity contribution in [2.75, 3.05) is 30.4 Å². The second-order valence-corrected chi connectivity index (χ2v) is 10.2. The number of benzene rings is 1. The SMILES string of the molecule is CNc1cc(F)c(F)c2c1Cc1ncc(-c3cnc4c(c3)c(=O)c(C(=O)O)cn4C)c(N3C[C@H](C)[C@@H](O)C3)c1-2. The first-order chi connectivity index (χ1) is 18.6. The van der Waals surface area contributed by atoms with Crippen molar-refractivity contribution in [3.63, 3.8) is 0 Å². The van der Waals surface area contributed by atoms with Gasteiger partial charge in [0.25, 0.3) is 0 Å². The Kier molecular flexibility index (Phi) is 5.65. The van der Waals surface area contributed by atoms with Crippen LogP contribution in [0.2, 0.25) is 0 Å². The summed E-state index contributed by atoms with van der Waals surface area (Å²) in [5.74, 6) is -3.40. The number of hydrogen-bond donors (Lipinski definition) is 3. The van der Waals surface area contributed by atoms with E-state index in [1.165, 1.54) is 10.8 Å². The van der Waals surface area contributed by atoms with Crippen molar-refractivity contribution in [2.45, 2.75) is 19.4 Å². The van der Waals surface area contributed by atoms with Crippen molar-refractivity contribution in [1.29, 1.82) is 0 Å². The number of aliphatic hydroxyl groups is 1. The van der Waals surface area contributed by atoms with Gasteiger partial charge in [0.05, 0.1) is 22.9 Å². The monoisotopic (exact) mass is 533 g/mol. The largest absolute Gasteiger partial charge is 0.477 e. The van der Waals surface area contributed by atoms with Crippen molar-refractivity contribution < 1.29 is 23.8 Å². The van der Waals surface area contributed by atoms with E-state index in [0.717, 1.165) is 6.07 Å². The number of aryl methyl sites for hydroxylation is 1. The molecule has 1 fully saturated rings. The molecular formula is C28H25F2N5O4. The third-order valence-electron chi connectivity index (χ3n) is 7.76. The number of carboxylic acids is 1. The van der Waals surface area contributed by atoms with E-state index in [0.29, 0.717) is 51.5 Å². The summed E-state index contributed by atoms with van der Waals surface area (Å²) in [5.41, 5.74) is 2.92. The van der Waals surface area contributed by atoms with E-state index in [4.69, 9.17) is 0 Å². The number of nitrogens with one attached hydrogen (secondary N) is 1. The Labute approximate surface area is 221 Å². The van der Waals surface area contributed by atoms with Crippen LogP contribution < -0.4 is 15.6 Å². The molecule has 2 atom stereocenters. The molecule has 1 aliphatic heterocycles. The molecule has 1 aliphatic carbocycles. The number of rotatable bonds is 4. The van der Waals surface area contributed by atoms with Gasteiger partial charge in [0.1, 0.15) is 11.2 Å².